The summed E-state index contributed by atoms with van der Waals surface area (Å²) < 4.78 is 5.40. The Hall–Kier alpha value is -1.51. The van der Waals surface area contributed by atoms with Gasteiger partial charge in [0.2, 0.25) is 5.91 Å². The largest absolute Gasteiger partial charge is 0.497 e. The van der Waals surface area contributed by atoms with E-state index in [2.05, 4.69) is 30.9 Å². The minimum absolute atomic E-state index is 0.0842. The zero-order chi connectivity index (χ0) is 15.2. The fraction of sp³-hybridized carbons (Fsp3) is 0.611. The van der Waals surface area contributed by atoms with Crippen LogP contribution in [0.4, 0.5) is 0 Å². The zero-order valence-corrected chi connectivity index (χ0v) is 13.5. The van der Waals surface area contributed by atoms with Crippen molar-refractivity contribution < 1.29 is 9.53 Å². The molecular formula is C18H25NO2. The molecule has 3 rings (SSSR count). The highest BCUT2D eigenvalue weighted by Gasteiger charge is 2.46. The average molecular weight is 287 g/mol. The van der Waals surface area contributed by atoms with Gasteiger partial charge in [-0.15, -0.1) is 0 Å². The van der Waals surface area contributed by atoms with Gasteiger partial charge in [0, 0.05) is 19.5 Å². The first kappa shape index (κ1) is 14.4. The maximum atomic E-state index is 12.0. The lowest BCUT2D eigenvalue weighted by molar-refractivity contribution is -0.135. The molecule has 1 aromatic carbocycles. The Bertz CT molecular complexity index is 564. The highest BCUT2D eigenvalue weighted by Crippen LogP contribution is 2.47. The Balaban J connectivity index is 2.06. The van der Waals surface area contributed by atoms with Gasteiger partial charge >= 0.3 is 0 Å². The van der Waals surface area contributed by atoms with E-state index in [9.17, 15) is 4.79 Å². The van der Waals surface area contributed by atoms with E-state index in [0.29, 0.717) is 12.0 Å². The number of carbonyl (C=O) groups is 1. The maximum Gasteiger partial charge on any atom is 0.219 e. The van der Waals surface area contributed by atoms with Gasteiger partial charge in [-0.05, 0) is 53.9 Å². The van der Waals surface area contributed by atoms with E-state index in [1.54, 1.807) is 14.0 Å². The number of amides is 1. The number of rotatable bonds is 1. The van der Waals surface area contributed by atoms with E-state index in [1.807, 2.05) is 6.07 Å². The molecule has 0 bridgehead atoms. The van der Waals surface area contributed by atoms with E-state index < -0.39 is 0 Å². The third-order valence-electron chi connectivity index (χ3n) is 5.55. The van der Waals surface area contributed by atoms with Crippen molar-refractivity contribution >= 4 is 5.91 Å². The van der Waals surface area contributed by atoms with Crippen LogP contribution in [0.5, 0.6) is 5.75 Å². The van der Waals surface area contributed by atoms with Crippen molar-refractivity contribution in [3.8, 4) is 5.75 Å². The van der Waals surface area contributed by atoms with Crippen LogP contribution in [0.15, 0.2) is 18.2 Å². The Morgan fingerprint density at radius 2 is 2.14 bits per heavy atom. The molecule has 3 nitrogen and oxygen atoms in total. The van der Waals surface area contributed by atoms with Gasteiger partial charge in [-0.2, -0.15) is 0 Å². The number of benzene rings is 1. The van der Waals surface area contributed by atoms with E-state index >= 15 is 0 Å². The van der Waals surface area contributed by atoms with Gasteiger partial charge in [0.15, 0.2) is 0 Å². The summed E-state index contributed by atoms with van der Waals surface area (Å²) in [5.41, 5.74) is 2.85. The Morgan fingerprint density at radius 3 is 2.81 bits per heavy atom. The molecule has 0 unspecified atom stereocenters. The van der Waals surface area contributed by atoms with Gasteiger partial charge in [-0.25, -0.2) is 0 Å². The summed E-state index contributed by atoms with van der Waals surface area (Å²) in [6.07, 6.45) is 3.30. The Kier molecular flexibility index (Phi) is 3.46. The third kappa shape index (κ3) is 2.23. The van der Waals surface area contributed by atoms with Gasteiger partial charge in [-0.3, -0.25) is 4.79 Å². The average Bonchev–Trinajstić information content (AvgIpc) is 2.46. The van der Waals surface area contributed by atoms with E-state index in [4.69, 9.17) is 4.74 Å². The minimum atomic E-state index is 0.0842. The summed E-state index contributed by atoms with van der Waals surface area (Å²) in [5, 5.41) is 0. The highest BCUT2D eigenvalue weighted by molar-refractivity contribution is 5.74. The number of piperidine rings is 1. The molecule has 1 aromatic rings. The van der Waals surface area contributed by atoms with Crippen LogP contribution >= 0.6 is 0 Å². The second-order valence-corrected chi connectivity index (χ2v) is 6.98. The molecule has 114 valence electrons. The van der Waals surface area contributed by atoms with Crippen LogP contribution in [-0.4, -0.2) is 30.5 Å². The molecule has 3 heteroatoms. The summed E-state index contributed by atoms with van der Waals surface area (Å²) in [4.78, 5) is 14.1. The van der Waals surface area contributed by atoms with Crippen LogP contribution in [0.1, 0.15) is 44.7 Å². The molecule has 1 aliphatic heterocycles. The van der Waals surface area contributed by atoms with Crippen LogP contribution in [0.25, 0.3) is 0 Å². The normalized spacial score (nSPS) is 26.8. The van der Waals surface area contributed by atoms with Crippen LogP contribution in [0.3, 0.4) is 0 Å². The highest BCUT2D eigenvalue weighted by atomic mass is 16.5. The Morgan fingerprint density at radius 1 is 1.38 bits per heavy atom. The molecule has 0 aromatic heterocycles. The predicted molar refractivity (Wildman–Crippen MR) is 83.6 cm³/mol. The monoisotopic (exact) mass is 287 g/mol. The first-order chi connectivity index (χ1) is 9.95. The molecule has 1 saturated heterocycles. The van der Waals surface area contributed by atoms with Gasteiger partial charge < -0.3 is 9.64 Å². The molecule has 0 N–H and O–H groups in total. The van der Waals surface area contributed by atoms with E-state index in [-0.39, 0.29) is 11.3 Å². The van der Waals surface area contributed by atoms with Crippen molar-refractivity contribution in [2.45, 2.75) is 51.5 Å². The molecule has 2 aliphatic rings. The number of fused-ring (bicyclic) bond motifs is 2. The lowest BCUT2D eigenvalue weighted by atomic mass is 9.60. The van der Waals surface area contributed by atoms with Gasteiger partial charge in [-0.1, -0.05) is 19.9 Å². The van der Waals surface area contributed by atoms with Crippen molar-refractivity contribution in [2.75, 3.05) is 13.7 Å². The van der Waals surface area contributed by atoms with Crippen molar-refractivity contribution in [3.63, 3.8) is 0 Å². The number of methoxy groups -OCH3 is 1. The van der Waals surface area contributed by atoms with Crippen molar-refractivity contribution in [1.29, 1.82) is 0 Å². The van der Waals surface area contributed by atoms with E-state index in [0.717, 1.165) is 25.1 Å². The second-order valence-electron chi connectivity index (χ2n) is 6.98. The SMILES string of the molecule is COc1ccc2c(c1)C(C)(C)[C@H]1CCCN(C(C)=O)[C@@H]1C2. The summed E-state index contributed by atoms with van der Waals surface area (Å²) in [5.74, 6) is 1.69. The first-order valence-electron chi connectivity index (χ1n) is 7.89. The molecule has 0 spiro atoms. The van der Waals surface area contributed by atoms with Crippen LogP contribution in [0.2, 0.25) is 0 Å². The van der Waals surface area contributed by atoms with Gasteiger partial charge in [0.1, 0.15) is 5.75 Å². The molecule has 0 saturated carbocycles. The predicted octanol–water partition coefficient (Wildman–Crippen LogP) is 3.16. The maximum absolute atomic E-state index is 12.0. The van der Waals surface area contributed by atoms with Gasteiger partial charge in [0.05, 0.1) is 7.11 Å². The minimum Gasteiger partial charge on any atom is -0.497 e. The quantitative estimate of drug-likeness (QED) is 0.794. The third-order valence-corrected chi connectivity index (χ3v) is 5.55. The standard InChI is InChI=1S/C18H25NO2/c1-12(20)19-9-5-6-15-17(19)10-13-7-8-14(21-4)11-16(13)18(15,2)3/h7-8,11,15,17H,5-6,9-10H2,1-4H3/t15-,17+/m0/s1. The summed E-state index contributed by atoms with van der Waals surface area (Å²) in [7, 11) is 1.72. The fourth-order valence-electron chi connectivity index (χ4n) is 4.43. The molecule has 1 aliphatic carbocycles. The summed E-state index contributed by atoms with van der Waals surface area (Å²) in [6.45, 7) is 7.27. The van der Waals surface area contributed by atoms with E-state index in [1.165, 1.54) is 17.5 Å². The molecule has 1 heterocycles. The van der Waals surface area contributed by atoms with Crippen LogP contribution in [0, 0.1) is 5.92 Å². The first-order valence-corrected chi connectivity index (χ1v) is 7.89. The van der Waals surface area contributed by atoms with Crippen molar-refractivity contribution in [2.24, 2.45) is 5.92 Å². The second kappa shape index (κ2) is 5.04. The number of hydrogen-bond donors (Lipinski definition) is 0. The molecule has 2 atom stereocenters. The lowest BCUT2D eigenvalue weighted by Gasteiger charge is -2.52. The summed E-state index contributed by atoms with van der Waals surface area (Å²) in [6, 6.07) is 6.76. The number of nitrogens with zero attached hydrogens (tertiary/aromatic N) is 1. The molecule has 1 amide bonds. The Labute approximate surface area is 127 Å². The molecule has 21 heavy (non-hydrogen) atoms. The number of hydrogen-bond acceptors (Lipinski definition) is 2. The van der Waals surface area contributed by atoms with Crippen molar-refractivity contribution in [3.05, 3.63) is 29.3 Å². The summed E-state index contributed by atoms with van der Waals surface area (Å²) >= 11 is 0. The smallest absolute Gasteiger partial charge is 0.219 e. The van der Waals surface area contributed by atoms with Crippen LogP contribution < -0.4 is 4.74 Å². The zero-order valence-electron chi connectivity index (χ0n) is 13.5. The van der Waals surface area contributed by atoms with Crippen molar-refractivity contribution in [1.82, 2.24) is 4.90 Å². The fourth-order valence-corrected chi connectivity index (χ4v) is 4.43. The number of ether oxygens (including phenoxy) is 1. The molecular weight excluding hydrogens is 262 g/mol. The number of carbonyl (C=O) groups excluding carboxylic acids is 1. The number of likely N-dealkylation sites (tertiary alicyclic amines) is 1. The van der Waals surface area contributed by atoms with Crippen LogP contribution in [-0.2, 0) is 16.6 Å². The lowest BCUT2D eigenvalue weighted by Crippen LogP contribution is -2.56. The van der Waals surface area contributed by atoms with Gasteiger partial charge in [0.25, 0.3) is 0 Å². The topological polar surface area (TPSA) is 29.5 Å². The molecule has 0 radical (unpaired) electrons. The molecule has 1 fully saturated rings.